The summed E-state index contributed by atoms with van der Waals surface area (Å²) in [7, 11) is -2.10. The molecule has 3 N–H and O–H groups in total. The predicted molar refractivity (Wildman–Crippen MR) is 67.5 cm³/mol. The number of sulfonamides is 1. The first-order valence-corrected chi connectivity index (χ1v) is 6.88. The molecule has 0 bridgehead atoms. The predicted octanol–water partition coefficient (Wildman–Crippen LogP) is 1.35. The van der Waals surface area contributed by atoms with E-state index in [1.807, 2.05) is 13.8 Å². The molecule has 0 spiro atoms. The zero-order chi connectivity index (χ0) is 13.1. The molecule has 0 aliphatic carbocycles. The second-order valence-electron chi connectivity index (χ2n) is 3.74. The molecule has 1 atom stereocenters. The number of nitrogens with two attached hydrogens (primary N) is 1. The van der Waals surface area contributed by atoms with Crippen LogP contribution in [0.25, 0.3) is 0 Å². The van der Waals surface area contributed by atoms with E-state index >= 15 is 0 Å². The number of benzene rings is 1. The minimum absolute atomic E-state index is 0.00941. The maximum absolute atomic E-state index is 11.6. The van der Waals surface area contributed by atoms with Crippen LogP contribution in [0.15, 0.2) is 23.1 Å². The van der Waals surface area contributed by atoms with Gasteiger partial charge in [0.1, 0.15) is 5.75 Å². The van der Waals surface area contributed by atoms with Crippen molar-refractivity contribution in [3.63, 3.8) is 0 Å². The molecule has 0 radical (unpaired) electrons. The standard InChI is InChI=1S/C11H18N2O3S/c1-4-8(2)16-11-7-9(5-6-10(11)12)17(14,15)13-3/h5-8,13H,4,12H2,1-3H3. The zero-order valence-corrected chi connectivity index (χ0v) is 11.0. The summed E-state index contributed by atoms with van der Waals surface area (Å²) in [6.07, 6.45) is 0.812. The first-order valence-electron chi connectivity index (χ1n) is 5.40. The van der Waals surface area contributed by atoms with Crippen molar-refractivity contribution < 1.29 is 13.2 Å². The Labute approximate surface area is 102 Å². The highest BCUT2D eigenvalue weighted by molar-refractivity contribution is 7.89. The second-order valence-corrected chi connectivity index (χ2v) is 5.63. The van der Waals surface area contributed by atoms with E-state index in [1.54, 1.807) is 0 Å². The van der Waals surface area contributed by atoms with Crippen molar-refractivity contribution in [2.24, 2.45) is 0 Å². The lowest BCUT2D eigenvalue weighted by atomic mass is 10.3. The average molecular weight is 258 g/mol. The summed E-state index contributed by atoms with van der Waals surface area (Å²) in [5.74, 6) is 0.399. The van der Waals surface area contributed by atoms with Crippen molar-refractivity contribution in [2.75, 3.05) is 12.8 Å². The van der Waals surface area contributed by atoms with Gasteiger partial charge in [-0.2, -0.15) is 0 Å². The van der Waals surface area contributed by atoms with Gasteiger partial charge in [0.25, 0.3) is 0 Å². The Morgan fingerprint density at radius 3 is 2.65 bits per heavy atom. The summed E-state index contributed by atoms with van der Waals surface area (Å²) < 4.78 is 31.0. The fourth-order valence-electron chi connectivity index (χ4n) is 1.20. The Bertz CT molecular complexity index is 485. The van der Waals surface area contributed by atoms with E-state index < -0.39 is 10.0 Å². The highest BCUT2D eigenvalue weighted by atomic mass is 32.2. The molecule has 0 aromatic heterocycles. The Balaban J connectivity index is 3.11. The van der Waals surface area contributed by atoms with Gasteiger partial charge in [0.2, 0.25) is 10.0 Å². The minimum Gasteiger partial charge on any atom is -0.489 e. The van der Waals surface area contributed by atoms with Crippen LogP contribution in [0.5, 0.6) is 5.75 Å². The van der Waals surface area contributed by atoms with Gasteiger partial charge in [-0.05, 0) is 32.5 Å². The maximum Gasteiger partial charge on any atom is 0.240 e. The molecule has 0 saturated heterocycles. The molecule has 1 rings (SSSR count). The summed E-state index contributed by atoms with van der Waals surface area (Å²) in [4.78, 5) is 0.146. The summed E-state index contributed by atoms with van der Waals surface area (Å²) in [6.45, 7) is 3.88. The molecular weight excluding hydrogens is 240 g/mol. The number of hydrogen-bond donors (Lipinski definition) is 2. The first kappa shape index (κ1) is 13.8. The fourth-order valence-corrected chi connectivity index (χ4v) is 1.95. The summed E-state index contributed by atoms with van der Waals surface area (Å²) in [6, 6.07) is 4.42. The van der Waals surface area contributed by atoms with E-state index in [9.17, 15) is 8.42 Å². The molecule has 0 fully saturated rings. The lowest BCUT2D eigenvalue weighted by molar-refractivity contribution is 0.218. The van der Waals surface area contributed by atoms with E-state index in [4.69, 9.17) is 10.5 Å². The first-order chi connectivity index (χ1) is 7.90. The normalized spacial score (nSPS) is 13.4. The van der Waals surface area contributed by atoms with Crippen molar-refractivity contribution in [3.8, 4) is 5.75 Å². The van der Waals surface area contributed by atoms with Crippen LogP contribution in [0, 0.1) is 0 Å². The Kier molecular flexibility index (Phi) is 4.36. The van der Waals surface area contributed by atoms with Crippen molar-refractivity contribution in [1.29, 1.82) is 0 Å². The van der Waals surface area contributed by atoms with Crippen LogP contribution >= 0.6 is 0 Å². The summed E-state index contributed by atoms with van der Waals surface area (Å²) in [5, 5.41) is 0. The molecule has 6 heteroatoms. The smallest absolute Gasteiger partial charge is 0.240 e. The van der Waals surface area contributed by atoms with Crippen LogP contribution in [0.3, 0.4) is 0 Å². The SMILES string of the molecule is CCC(C)Oc1cc(S(=O)(=O)NC)ccc1N. The second kappa shape index (κ2) is 5.37. The molecule has 96 valence electrons. The number of ether oxygens (including phenoxy) is 1. The van der Waals surface area contributed by atoms with Gasteiger partial charge in [0, 0.05) is 6.07 Å². The van der Waals surface area contributed by atoms with Gasteiger partial charge in [-0.1, -0.05) is 6.92 Å². The largest absolute Gasteiger partial charge is 0.489 e. The molecule has 0 aliphatic heterocycles. The Morgan fingerprint density at radius 1 is 1.47 bits per heavy atom. The molecule has 1 aromatic carbocycles. The minimum atomic E-state index is -3.47. The quantitative estimate of drug-likeness (QED) is 0.781. The van der Waals surface area contributed by atoms with E-state index in [0.717, 1.165) is 6.42 Å². The molecule has 0 saturated carbocycles. The molecular formula is C11H18N2O3S. The third kappa shape index (κ3) is 3.34. The van der Waals surface area contributed by atoms with Crippen LogP contribution in [-0.4, -0.2) is 21.6 Å². The van der Waals surface area contributed by atoms with Gasteiger partial charge in [-0.25, -0.2) is 13.1 Å². The third-order valence-corrected chi connectivity index (χ3v) is 3.88. The molecule has 0 aliphatic rings. The van der Waals surface area contributed by atoms with E-state index in [0.29, 0.717) is 11.4 Å². The maximum atomic E-state index is 11.6. The van der Waals surface area contributed by atoms with Crippen LogP contribution in [0.1, 0.15) is 20.3 Å². The van der Waals surface area contributed by atoms with Gasteiger partial charge >= 0.3 is 0 Å². The molecule has 5 nitrogen and oxygen atoms in total. The summed E-state index contributed by atoms with van der Waals surface area (Å²) in [5.41, 5.74) is 6.17. The van der Waals surface area contributed by atoms with Gasteiger partial charge < -0.3 is 10.5 Å². The lowest BCUT2D eigenvalue weighted by Gasteiger charge is -2.15. The van der Waals surface area contributed by atoms with Crippen molar-refractivity contribution in [3.05, 3.63) is 18.2 Å². The number of nitrogen functional groups attached to an aromatic ring is 1. The van der Waals surface area contributed by atoms with Crippen LogP contribution in [-0.2, 0) is 10.0 Å². The highest BCUT2D eigenvalue weighted by Crippen LogP contribution is 2.26. The Hall–Kier alpha value is -1.27. The average Bonchev–Trinajstić information content (AvgIpc) is 2.31. The van der Waals surface area contributed by atoms with Crippen LogP contribution < -0.4 is 15.2 Å². The number of rotatable bonds is 5. The molecule has 1 aromatic rings. The van der Waals surface area contributed by atoms with E-state index in [-0.39, 0.29) is 11.0 Å². The van der Waals surface area contributed by atoms with Crippen LogP contribution in [0.2, 0.25) is 0 Å². The van der Waals surface area contributed by atoms with E-state index in [2.05, 4.69) is 4.72 Å². The number of hydrogen-bond acceptors (Lipinski definition) is 4. The molecule has 0 heterocycles. The monoisotopic (exact) mass is 258 g/mol. The lowest BCUT2D eigenvalue weighted by Crippen LogP contribution is -2.19. The van der Waals surface area contributed by atoms with Gasteiger partial charge in [-0.15, -0.1) is 0 Å². The molecule has 0 amide bonds. The zero-order valence-electron chi connectivity index (χ0n) is 10.2. The highest BCUT2D eigenvalue weighted by Gasteiger charge is 2.14. The van der Waals surface area contributed by atoms with Crippen LogP contribution in [0.4, 0.5) is 5.69 Å². The number of anilines is 1. The summed E-state index contributed by atoms with van der Waals surface area (Å²) >= 11 is 0. The van der Waals surface area contributed by atoms with Gasteiger partial charge in [-0.3, -0.25) is 0 Å². The van der Waals surface area contributed by atoms with Gasteiger partial charge in [0.15, 0.2) is 0 Å². The van der Waals surface area contributed by atoms with Crippen molar-refractivity contribution >= 4 is 15.7 Å². The van der Waals surface area contributed by atoms with E-state index in [1.165, 1.54) is 25.2 Å². The fraction of sp³-hybridized carbons (Fsp3) is 0.455. The third-order valence-electron chi connectivity index (χ3n) is 2.47. The van der Waals surface area contributed by atoms with Crippen molar-refractivity contribution in [2.45, 2.75) is 31.3 Å². The molecule has 1 unspecified atom stereocenters. The number of nitrogens with one attached hydrogen (secondary N) is 1. The van der Waals surface area contributed by atoms with Crippen molar-refractivity contribution in [1.82, 2.24) is 4.72 Å². The Morgan fingerprint density at radius 2 is 2.12 bits per heavy atom. The molecule has 17 heavy (non-hydrogen) atoms. The topological polar surface area (TPSA) is 81.4 Å². The van der Waals surface area contributed by atoms with Gasteiger partial charge in [0.05, 0.1) is 16.7 Å².